The van der Waals surface area contributed by atoms with Gasteiger partial charge in [0, 0.05) is 18.8 Å². The zero-order valence-electron chi connectivity index (χ0n) is 9.61. The molecule has 0 saturated carbocycles. The summed E-state index contributed by atoms with van der Waals surface area (Å²) in [5.74, 6) is 0. The normalized spacial score (nSPS) is 15.6. The Morgan fingerprint density at radius 1 is 1.50 bits per heavy atom. The fourth-order valence-electron chi connectivity index (χ4n) is 2.20. The second-order valence-corrected chi connectivity index (χ2v) is 4.12. The standard InChI is InChI=1S/C13H17N3/c1-15-12(10-14)7-9-16-8-6-11-4-2-3-5-13(11)16/h2-5,12,15H,6-9H2,1H3. The average Bonchev–Trinajstić information content (AvgIpc) is 2.74. The quantitative estimate of drug-likeness (QED) is 0.828. The van der Waals surface area contributed by atoms with Crippen LogP contribution in [0.2, 0.25) is 0 Å². The number of nitriles is 1. The van der Waals surface area contributed by atoms with Gasteiger partial charge in [0.2, 0.25) is 0 Å². The van der Waals surface area contributed by atoms with Crippen LogP contribution in [0.3, 0.4) is 0 Å². The predicted octanol–water partition coefficient (Wildman–Crippen LogP) is 1.55. The van der Waals surface area contributed by atoms with Crippen LogP contribution in [0.4, 0.5) is 5.69 Å². The van der Waals surface area contributed by atoms with Crippen LogP contribution < -0.4 is 10.2 Å². The number of nitrogens with zero attached hydrogens (tertiary/aromatic N) is 2. The molecule has 1 aliphatic rings. The third-order valence-electron chi connectivity index (χ3n) is 3.18. The number of hydrogen-bond acceptors (Lipinski definition) is 3. The zero-order chi connectivity index (χ0) is 11.4. The Kier molecular flexibility index (Phi) is 3.43. The van der Waals surface area contributed by atoms with Crippen molar-refractivity contribution < 1.29 is 0 Å². The van der Waals surface area contributed by atoms with E-state index in [-0.39, 0.29) is 6.04 Å². The fourth-order valence-corrected chi connectivity index (χ4v) is 2.20. The van der Waals surface area contributed by atoms with Crippen molar-refractivity contribution in [2.45, 2.75) is 18.9 Å². The van der Waals surface area contributed by atoms with Crippen molar-refractivity contribution in [1.82, 2.24) is 5.32 Å². The first kappa shape index (κ1) is 11.0. The summed E-state index contributed by atoms with van der Waals surface area (Å²) in [5, 5.41) is 11.9. The zero-order valence-corrected chi connectivity index (χ0v) is 9.61. The Balaban J connectivity index is 1.96. The summed E-state index contributed by atoms with van der Waals surface area (Å²) >= 11 is 0. The molecule has 1 unspecified atom stereocenters. The number of anilines is 1. The van der Waals surface area contributed by atoms with E-state index >= 15 is 0 Å². The Bertz CT molecular complexity index is 394. The Hall–Kier alpha value is -1.53. The third kappa shape index (κ3) is 2.17. The Labute approximate surface area is 96.7 Å². The second-order valence-electron chi connectivity index (χ2n) is 4.12. The smallest absolute Gasteiger partial charge is 0.0967 e. The Morgan fingerprint density at radius 2 is 2.31 bits per heavy atom. The highest BCUT2D eigenvalue weighted by Crippen LogP contribution is 2.27. The van der Waals surface area contributed by atoms with Gasteiger partial charge in [0.25, 0.3) is 0 Å². The van der Waals surface area contributed by atoms with Crippen LogP contribution in [-0.2, 0) is 6.42 Å². The predicted molar refractivity (Wildman–Crippen MR) is 65.4 cm³/mol. The van der Waals surface area contributed by atoms with E-state index in [1.165, 1.54) is 11.3 Å². The van der Waals surface area contributed by atoms with Crippen molar-refractivity contribution in [2.24, 2.45) is 0 Å². The van der Waals surface area contributed by atoms with Gasteiger partial charge in [0.1, 0.15) is 0 Å². The van der Waals surface area contributed by atoms with Crippen molar-refractivity contribution in [3.8, 4) is 6.07 Å². The average molecular weight is 215 g/mol. The molecule has 1 atom stereocenters. The van der Waals surface area contributed by atoms with Gasteiger partial charge in [0.15, 0.2) is 0 Å². The lowest BCUT2D eigenvalue weighted by Gasteiger charge is -2.20. The molecule has 84 valence electrons. The first-order chi connectivity index (χ1) is 7.85. The van der Waals surface area contributed by atoms with Crippen LogP contribution in [0.5, 0.6) is 0 Å². The molecule has 1 aliphatic heterocycles. The summed E-state index contributed by atoms with van der Waals surface area (Å²) in [5.41, 5.74) is 2.77. The minimum Gasteiger partial charge on any atom is -0.371 e. The number of rotatable bonds is 4. The van der Waals surface area contributed by atoms with E-state index in [2.05, 4.69) is 40.6 Å². The molecule has 16 heavy (non-hydrogen) atoms. The molecule has 3 heteroatoms. The first-order valence-electron chi connectivity index (χ1n) is 5.75. The molecule has 1 aromatic carbocycles. The van der Waals surface area contributed by atoms with Crippen LogP contribution in [-0.4, -0.2) is 26.2 Å². The van der Waals surface area contributed by atoms with Gasteiger partial charge in [-0.25, -0.2) is 0 Å². The number of benzene rings is 1. The molecule has 0 saturated heterocycles. The highest BCUT2D eigenvalue weighted by molar-refractivity contribution is 5.57. The van der Waals surface area contributed by atoms with E-state index in [4.69, 9.17) is 5.26 Å². The maximum atomic E-state index is 8.86. The summed E-state index contributed by atoms with van der Waals surface area (Å²) in [7, 11) is 1.84. The summed E-state index contributed by atoms with van der Waals surface area (Å²) < 4.78 is 0. The van der Waals surface area contributed by atoms with Gasteiger partial charge in [-0.2, -0.15) is 5.26 Å². The van der Waals surface area contributed by atoms with Gasteiger partial charge in [-0.15, -0.1) is 0 Å². The lowest BCUT2D eigenvalue weighted by atomic mass is 10.2. The van der Waals surface area contributed by atoms with Crippen molar-refractivity contribution in [2.75, 3.05) is 25.0 Å². The van der Waals surface area contributed by atoms with Crippen LogP contribution >= 0.6 is 0 Å². The van der Waals surface area contributed by atoms with Crippen LogP contribution in [0, 0.1) is 11.3 Å². The van der Waals surface area contributed by atoms with Gasteiger partial charge in [-0.05, 0) is 31.5 Å². The summed E-state index contributed by atoms with van der Waals surface area (Å²) in [6.07, 6.45) is 2.01. The van der Waals surface area contributed by atoms with Gasteiger partial charge in [-0.3, -0.25) is 0 Å². The molecule has 0 aromatic heterocycles. The van der Waals surface area contributed by atoms with Gasteiger partial charge in [-0.1, -0.05) is 18.2 Å². The van der Waals surface area contributed by atoms with Crippen LogP contribution in [0.1, 0.15) is 12.0 Å². The van der Waals surface area contributed by atoms with Crippen molar-refractivity contribution in [1.29, 1.82) is 5.26 Å². The maximum absolute atomic E-state index is 8.86. The molecule has 0 radical (unpaired) electrons. The molecular weight excluding hydrogens is 198 g/mol. The third-order valence-corrected chi connectivity index (χ3v) is 3.18. The molecule has 1 heterocycles. The lowest BCUT2D eigenvalue weighted by molar-refractivity contribution is 0.613. The molecular formula is C13H17N3. The second kappa shape index (κ2) is 5.00. The first-order valence-corrected chi connectivity index (χ1v) is 5.75. The van der Waals surface area contributed by atoms with Crippen LogP contribution in [0.15, 0.2) is 24.3 Å². The van der Waals surface area contributed by atoms with E-state index in [1.807, 2.05) is 7.05 Å². The number of nitrogens with one attached hydrogen (secondary N) is 1. The lowest BCUT2D eigenvalue weighted by Crippen LogP contribution is -2.30. The number of hydrogen-bond donors (Lipinski definition) is 1. The van der Waals surface area contributed by atoms with Gasteiger partial charge in [0.05, 0.1) is 12.1 Å². The number of fused-ring (bicyclic) bond motifs is 1. The van der Waals surface area contributed by atoms with E-state index < -0.39 is 0 Å². The van der Waals surface area contributed by atoms with Crippen molar-refractivity contribution >= 4 is 5.69 Å². The van der Waals surface area contributed by atoms with E-state index in [9.17, 15) is 0 Å². The molecule has 0 spiro atoms. The minimum absolute atomic E-state index is 0.0345. The van der Waals surface area contributed by atoms with Crippen molar-refractivity contribution in [3.05, 3.63) is 29.8 Å². The summed E-state index contributed by atoms with van der Waals surface area (Å²) in [4.78, 5) is 2.37. The highest BCUT2D eigenvalue weighted by Gasteiger charge is 2.18. The van der Waals surface area contributed by atoms with Crippen LogP contribution in [0.25, 0.3) is 0 Å². The van der Waals surface area contributed by atoms with Gasteiger partial charge >= 0.3 is 0 Å². The molecule has 0 amide bonds. The molecule has 1 N–H and O–H groups in total. The van der Waals surface area contributed by atoms with E-state index in [0.717, 1.165) is 25.9 Å². The van der Waals surface area contributed by atoms with E-state index in [1.54, 1.807) is 0 Å². The number of para-hydroxylation sites is 1. The van der Waals surface area contributed by atoms with Crippen molar-refractivity contribution in [3.63, 3.8) is 0 Å². The van der Waals surface area contributed by atoms with E-state index in [0.29, 0.717) is 0 Å². The SMILES string of the molecule is CNC(C#N)CCN1CCc2ccccc21. The topological polar surface area (TPSA) is 39.1 Å². The fraction of sp³-hybridized carbons (Fsp3) is 0.462. The molecule has 0 aliphatic carbocycles. The molecule has 0 bridgehead atoms. The maximum Gasteiger partial charge on any atom is 0.0967 e. The molecule has 1 aromatic rings. The molecule has 2 rings (SSSR count). The Morgan fingerprint density at radius 3 is 3.06 bits per heavy atom. The minimum atomic E-state index is -0.0345. The molecule has 0 fully saturated rings. The van der Waals surface area contributed by atoms with Gasteiger partial charge < -0.3 is 10.2 Å². The summed E-state index contributed by atoms with van der Waals surface area (Å²) in [6, 6.07) is 10.8. The molecule has 3 nitrogen and oxygen atoms in total. The highest BCUT2D eigenvalue weighted by atomic mass is 15.1. The summed E-state index contributed by atoms with van der Waals surface area (Å²) in [6.45, 7) is 2.04. The monoisotopic (exact) mass is 215 g/mol. The largest absolute Gasteiger partial charge is 0.371 e.